The van der Waals surface area contributed by atoms with Gasteiger partial charge in [0, 0.05) is 33.0 Å². The Bertz CT molecular complexity index is 328. The smallest absolute Gasteiger partial charge is 0.221 e. The zero-order chi connectivity index (χ0) is 15.6. The number of nitrogens with two attached hydrogens (primary N) is 1. The average molecular weight is 299 g/mol. The van der Waals surface area contributed by atoms with E-state index in [9.17, 15) is 9.59 Å². The Morgan fingerprint density at radius 2 is 1.76 bits per heavy atom. The van der Waals surface area contributed by atoms with E-state index < -0.39 is 0 Å². The van der Waals surface area contributed by atoms with Gasteiger partial charge in [0.15, 0.2) is 0 Å². The van der Waals surface area contributed by atoms with Gasteiger partial charge in [-0.15, -0.1) is 0 Å². The van der Waals surface area contributed by atoms with Crippen molar-refractivity contribution >= 4 is 11.8 Å². The van der Waals surface area contributed by atoms with Crippen molar-refractivity contribution in [3.05, 3.63) is 0 Å². The van der Waals surface area contributed by atoms with Gasteiger partial charge >= 0.3 is 0 Å². The fourth-order valence-electron chi connectivity index (χ4n) is 2.85. The van der Waals surface area contributed by atoms with Crippen LogP contribution in [0.3, 0.4) is 0 Å². The molecule has 0 heterocycles. The van der Waals surface area contributed by atoms with Crippen molar-refractivity contribution in [2.45, 2.75) is 44.9 Å². The van der Waals surface area contributed by atoms with Gasteiger partial charge in [0.25, 0.3) is 0 Å². The topological polar surface area (TPSA) is 93.5 Å². The number of amides is 2. The lowest BCUT2D eigenvalue weighted by molar-refractivity contribution is -0.124. The minimum Gasteiger partial charge on any atom is -0.383 e. The molecule has 6 heteroatoms. The summed E-state index contributed by atoms with van der Waals surface area (Å²) in [6.07, 6.45) is 6.41. The molecular weight excluding hydrogens is 270 g/mol. The van der Waals surface area contributed by atoms with E-state index in [0.29, 0.717) is 39.1 Å². The van der Waals surface area contributed by atoms with Gasteiger partial charge < -0.3 is 21.1 Å². The van der Waals surface area contributed by atoms with E-state index in [2.05, 4.69) is 10.6 Å². The molecule has 21 heavy (non-hydrogen) atoms. The highest BCUT2D eigenvalue weighted by Gasteiger charge is 2.32. The van der Waals surface area contributed by atoms with E-state index in [4.69, 9.17) is 10.5 Å². The number of carbonyl (C=O) groups is 2. The van der Waals surface area contributed by atoms with Crippen molar-refractivity contribution in [1.29, 1.82) is 0 Å². The van der Waals surface area contributed by atoms with Gasteiger partial charge in [-0.1, -0.05) is 19.3 Å². The summed E-state index contributed by atoms with van der Waals surface area (Å²) < 4.78 is 4.85. The van der Waals surface area contributed by atoms with Gasteiger partial charge in [0.05, 0.1) is 6.61 Å². The number of methoxy groups -OCH3 is 1. The second-order valence-electron chi connectivity index (χ2n) is 5.88. The summed E-state index contributed by atoms with van der Waals surface area (Å²) in [7, 11) is 1.59. The first kappa shape index (κ1) is 17.9. The van der Waals surface area contributed by atoms with E-state index in [1.165, 1.54) is 6.42 Å². The van der Waals surface area contributed by atoms with Crippen molar-refractivity contribution in [2.24, 2.45) is 11.1 Å². The summed E-state index contributed by atoms with van der Waals surface area (Å²) in [5, 5.41) is 5.55. The summed E-state index contributed by atoms with van der Waals surface area (Å²) in [5.74, 6) is -0.0643. The Morgan fingerprint density at radius 3 is 2.38 bits per heavy atom. The first-order chi connectivity index (χ1) is 10.1. The van der Waals surface area contributed by atoms with E-state index in [1.54, 1.807) is 7.11 Å². The van der Waals surface area contributed by atoms with Gasteiger partial charge in [-0.2, -0.15) is 0 Å². The average Bonchev–Trinajstić information content (AvgIpc) is 2.48. The van der Waals surface area contributed by atoms with Crippen LogP contribution in [0.4, 0.5) is 0 Å². The number of nitrogens with one attached hydrogen (secondary N) is 2. The third kappa shape index (κ3) is 6.91. The highest BCUT2D eigenvalue weighted by atomic mass is 16.5. The standard InChI is InChI=1S/C15H29N3O3/c1-21-10-9-18-13(19)5-8-17-14(20)11-15(12-16)6-3-2-4-7-15/h2-12,16H2,1H3,(H,17,20)(H,18,19). The molecule has 0 unspecified atom stereocenters. The molecule has 1 fully saturated rings. The summed E-state index contributed by atoms with van der Waals surface area (Å²) >= 11 is 0. The maximum atomic E-state index is 12.0. The molecule has 6 nitrogen and oxygen atoms in total. The first-order valence-electron chi connectivity index (χ1n) is 7.84. The van der Waals surface area contributed by atoms with Gasteiger partial charge in [-0.05, 0) is 24.8 Å². The van der Waals surface area contributed by atoms with Crippen molar-refractivity contribution in [1.82, 2.24) is 10.6 Å². The molecule has 4 N–H and O–H groups in total. The normalized spacial score (nSPS) is 17.2. The van der Waals surface area contributed by atoms with Gasteiger partial charge in [0.2, 0.25) is 11.8 Å². The largest absolute Gasteiger partial charge is 0.383 e. The van der Waals surface area contributed by atoms with Gasteiger partial charge in [-0.25, -0.2) is 0 Å². The monoisotopic (exact) mass is 299 g/mol. The first-order valence-corrected chi connectivity index (χ1v) is 7.84. The maximum absolute atomic E-state index is 12.0. The molecule has 0 aromatic heterocycles. The van der Waals surface area contributed by atoms with E-state index >= 15 is 0 Å². The van der Waals surface area contributed by atoms with Crippen molar-refractivity contribution in [2.75, 3.05) is 33.4 Å². The fourth-order valence-corrected chi connectivity index (χ4v) is 2.85. The number of ether oxygens (including phenoxy) is 1. The van der Waals surface area contributed by atoms with Crippen LogP contribution in [0, 0.1) is 5.41 Å². The molecule has 122 valence electrons. The van der Waals surface area contributed by atoms with E-state index in [0.717, 1.165) is 25.7 Å². The highest BCUT2D eigenvalue weighted by Crippen LogP contribution is 2.38. The molecule has 2 amide bonds. The molecule has 1 aliphatic rings. The lowest BCUT2D eigenvalue weighted by Gasteiger charge is -2.35. The van der Waals surface area contributed by atoms with Crippen LogP contribution < -0.4 is 16.4 Å². The Hall–Kier alpha value is -1.14. The van der Waals surface area contributed by atoms with Crippen LogP contribution in [-0.4, -0.2) is 45.2 Å². The molecule has 1 rings (SSSR count). The fraction of sp³-hybridized carbons (Fsp3) is 0.867. The summed E-state index contributed by atoms with van der Waals surface area (Å²) in [6, 6.07) is 0. The van der Waals surface area contributed by atoms with Crippen LogP contribution in [0.15, 0.2) is 0 Å². The van der Waals surface area contributed by atoms with Crippen LogP contribution in [0.2, 0.25) is 0 Å². The second kappa shape index (κ2) is 9.73. The second-order valence-corrected chi connectivity index (χ2v) is 5.88. The van der Waals surface area contributed by atoms with Crippen LogP contribution in [-0.2, 0) is 14.3 Å². The number of hydrogen-bond acceptors (Lipinski definition) is 4. The summed E-state index contributed by atoms with van der Waals surface area (Å²) in [4.78, 5) is 23.5. The van der Waals surface area contributed by atoms with Crippen LogP contribution in [0.1, 0.15) is 44.9 Å². The van der Waals surface area contributed by atoms with Crippen LogP contribution in [0.5, 0.6) is 0 Å². The van der Waals surface area contributed by atoms with Gasteiger partial charge in [0.1, 0.15) is 0 Å². The molecule has 0 saturated heterocycles. The molecule has 0 spiro atoms. The molecule has 0 aliphatic heterocycles. The van der Waals surface area contributed by atoms with Crippen molar-refractivity contribution in [3.63, 3.8) is 0 Å². The van der Waals surface area contributed by atoms with Crippen LogP contribution in [0.25, 0.3) is 0 Å². The molecule has 0 aromatic rings. The molecule has 0 radical (unpaired) electrons. The summed E-state index contributed by atoms with van der Waals surface area (Å²) in [5.41, 5.74) is 5.85. The minimum absolute atomic E-state index is 0.00652. The van der Waals surface area contributed by atoms with Gasteiger partial charge in [-0.3, -0.25) is 9.59 Å². The van der Waals surface area contributed by atoms with Crippen LogP contribution >= 0.6 is 0 Å². The molecule has 1 aliphatic carbocycles. The molecule has 0 bridgehead atoms. The number of hydrogen-bond donors (Lipinski definition) is 3. The summed E-state index contributed by atoms with van der Waals surface area (Å²) in [6.45, 7) is 1.94. The Morgan fingerprint density at radius 1 is 1.10 bits per heavy atom. The number of rotatable bonds is 9. The molecule has 0 atom stereocenters. The molecular formula is C15H29N3O3. The maximum Gasteiger partial charge on any atom is 0.221 e. The minimum atomic E-state index is -0.0708. The lowest BCUT2D eigenvalue weighted by Crippen LogP contribution is -2.39. The quantitative estimate of drug-likeness (QED) is 0.542. The third-order valence-corrected chi connectivity index (χ3v) is 4.19. The molecule has 1 saturated carbocycles. The van der Waals surface area contributed by atoms with E-state index in [1.807, 2.05) is 0 Å². The molecule has 0 aromatic carbocycles. The lowest BCUT2D eigenvalue weighted by atomic mass is 9.71. The zero-order valence-electron chi connectivity index (χ0n) is 13.1. The zero-order valence-corrected chi connectivity index (χ0v) is 13.1. The third-order valence-electron chi connectivity index (χ3n) is 4.19. The SMILES string of the molecule is COCCNC(=O)CCNC(=O)CC1(CN)CCCCC1. The highest BCUT2D eigenvalue weighted by molar-refractivity contribution is 5.79. The number of carbonyl (C=O) groups excluding carboxylic acids is 2. The van der Waals surface area contributed by atoms with E-state index in [-0.39, 0.29) is 17.2 Å². The van der Waals surface area contributed by atoms with Crippen molar-refractivity contribution in [3.8, 4) is 0 Å². The predicted molar refractivity (Wildman–Crippen MR) is 81.7 cm³/mol. The Labute approximate surface area is 127 Å². The Balaban J connectivity index is 2.19. The Kier molecular flexibility index (Phi) is 8.30. The van der Waals surface area contributed by atoms with Crippen molar-refractivity contribution < 1.29 is 14.3 Å². The predicted octanol–water partition coefficient (Wildman–Crippen LogP) is 0.555.